The average Bonchev–Trinajstić information content (AvgIpc) is 2.88. The molecular formula is C15H28N4O2. The van der Waals surface area contributed by atoms with E-state index in [-0.39, 0.29) is 11.7 Å². The highest BCUT2D eigenvalue weighted by atomic mass is 16.4. The number of likely N-dealkylation sites (N-methyl/N-ethyl adjacent to an activating group) is 1. The van der Waals surface area contributed by atoms with E-state index in [1.807, 2.05) is 4.90 Å². The van der Waals surface area contributed by atoms with Crippen LogP contribution in [0, 0.1) is 11.3 Å². The van der Waals surface area contributed by atoms with E-state index in [9.17, 15) is 4.79 Å². The maximum atomic E-state index is 13.1. The zero-order valence-corrected chi connectivity index (χ0v) is 13.4. The third-order valence-corrected chi connectivity index (χ3v) is 5.24. The van der Waals surface area contributed by atoms with Crippen LogP contribution in [0.15, 0.2) is 5.16 Å². The van der Waals surface area contributed by atoms with Crippen LogP contribution < -0.4 is 5.73 Å². The van der Waals surface area contributed by atoms with Gasteiger partial charge in [-0.1, -0.05) is 31.3 Å². The van der Waals surface area contributed by atoms with Crippen molar-refractivity contribution in [2.24, 2.45) is 22.2 Å². The van der Waals surface area contributed by atoms with Crippen molar-refractivity contribution in [1.82, 2.24) is 9.80 Å². The number of oxime groups is 1. The Morgan fingerprint density at radius 3 is 2.38 bits per heavy atom. The lowest BCUT2D eigenvalue weighted by molar-refractivity contribution is -0.139. The summed E-state index contributed by atoms with van der Waals surface area (Å²) in [5.74, 6) is 0.582. The van der Waals surface area contributed by atoms with Crippen molar-refractivity contribution < 1.29 is 10.0 Å². The first-order chi connectivity index (χ1) is 9.92. The van der Waals surface area contributed by atoms with Crippen molar-refractivity contribution in [2.75, 3.05) is 27.2 Å². The maximum Gasteiger partial charge on any atom is 0.236 e. The van der Waals surface area contributed by atoms with Gasteiger partial charge in [0.2, 0.25) is 5.91 Å². The standard InChI is InChI=1S/C15H28N4O2/c1-11-9-19(10-12(11)18(2)3)14(20)15(13(16)17-21)7-5-4-6-8-15/h11-12,21H,4-10H2,1-3H3,(H2,16,17). The normalized spacial score (nSPS) is 29.9. The molecule has 120 valence electrons. The molecule has 2 atom stereocenters. The van der Waals surface area contributed by atoms with Crippen molar-refractivity contribution in [2.45, 2.75) is 45.1 Å². The molecule has 2 fully saturated rings. The van der Waals surface area contributed by atoms with Gasteiger partial charge in [-0.15, -0.1) is 0 Å². The van der Waals surface area contributed by atoms with Crippen LogP contribution in [0.1, 0.15) is 39.0 Å². The molecule has 0 aromatic carbocycles. The first-order valence-electron chi connectivity index (χ1n) is 7.86. The SMILES string of the molecule is CC1CN(C(=O)C2(C(N)=NO)CCCCC2)CC1N(C)C. The Kier molecular flexibility index (Phi) is 4.76. The second kappa shape index (κ2) is 6.22. The molecule has 2 aliphatic rings. The molecule has 1 amide bonds. The molecule has 0 spiro atoms. The number of carbonyl (C=O) groups is 1. The molecule has 0 aromatic rings. The second-order valence-corrected chi connectivity index (χ2v) is 6.85. The van der Waals surface area contributed by atoms with E-state index in [0.717, 1.165) is 32.4 Å². The third-order valence-electron chi connectivity index (χ3n) is 5.24. The quantitative estimate of drug-likeness (QED) is 0.353. The number of nitrogens with two attached hydrogens (primary N) is 1. The number of hydrogen-bond donors (Lipinski definition) is 2. The van der Waals surface area contributed by atoms with Crippen LogP contribution in [0.5, 0.6) is 0 Å². The fourth-order valence-corrected chi connectivity index (χ4v) is 3.92. The fraction of sp³-hybridized carbons (Fsp3) is 0.867. The number of amides is 1. The van der Waals surface area contributed by atoms with E-state index >= 15 is 0 Å². The Morgan fingerprint density at radius 1 is 1.29 bits per heavy atom. The molecule has 0 radical (unpaired) electrons. The van der Waals surface area contributed by atoms with Crippen molar-refractivity contribution >= 4 is 11.7 Å². The van der Waals surface area contributed by atoms with Crippen molar-refractivity contribution in [3.05, 3.63) is 0 Å². The summed E-state index contributed by atoms with van der Waals surface area (Å²) in [7, 11) is 4.10. The topological polar surface area (TPSA) is 82.2 Å². The molecule has 3 N–H and O–H groups in total. The molecule has 21 heavy (non-hydrogen) atoms. The molecule has 1 heterocycles. The van der Waals surface area contributed by atoms with E-state index in [4.69, 9.17) is 10.9 Å². The third kappa shape index (κ3) is 2.86. The molecule has 2 rings (SSSR count). The molecule has 1 saturated heterocycles. The lowest BCUT2D eigenvalue weighted by Gasteiger charge is -2.37. The zero-order chi connectivity index (χ0) is 15.6. The molecular weight excluding hydrogens is 268 g/mol. The molecule has 1 saturated carbocycles. The zero-order valence-electron chi connectivity index (χ0n) is 13.4. The van der Waals surface area contributed by atoms with E-state index in [1.54, 1.807) is 0 Å². The molecule has 0 aromatic heterocycles. The predicted octanol–water partition coefficient (Wildman–Crippen LogP) is 1.09. The van der Waals surface area contributed by atoms with E-state index in [0.29, 0.717) is 24.8 Å². The van der Waals surface area contributed by atoms with Gasteiger partial charge in [0.1, 0.15) is 5.41 Å². The van der Waals surface area contributed by atoms with Crippen LogP contribution in [0.25, 0.3) is 0 Å². The molecule has 2 unspecified atom stereocenters. The van der Waals surface area contributed by atoms with Crippen LogP contribution in [-0.4, -0.2) is 60.0 Å². The molecule has 6 heteroatoms. The van der Waals surface area contributed by atoms with Crippen LogP contribution in [-0.2, 0) is 4.79 Å². The fourth-order valence-electron chi connectivity index (χ4n) is 3.92. The molecule has 0 bridgehead atoms. The molecule has 1 aliphatic heterocycles. The van der Waals surface area contributed by atoms with E-state index in [1.165, 1.54) is 0 Å². The first-order valence-corrected chi connectivity index (χ1v) is 7.86. The summed E-state index contributed by atoms with van der Waals surface area (Å²) in [4.78, 5) is 17.2. The Balaban J connectivity index is 2.20. The number of likely N-dealkylation sites (tertiary alicyclic amines) is 1. The number of amidine groups is 1. The molecule has 6 nitrogen and oxygen atoms in total. The van der Waals surface area contributed by atoms with Gasteiger partial charge >= 0.3 is 0 Å². The highest BCUT2D eigenvalue weighted by Gasteiger charge is 2.48. The highest BCUT2D eigenvalue weighted by molar-refractivity contribution is 6.06. The average molecular weight is 296 g/mol. The lowest BCUT2D eigenvalue weighted by Crippen LogP contribution is -2.52. The van der Waals surface area contributed by atoms with Gasteiger partial charge in [0, 0.05) is 19.1 Å². The minimum absolute atomic E-state index is 0.0497. The summed E-state index contributed by atoms with van der Waals surface area (Å²) >= 11 is 0. The monoisotopic (exact) mass is 296 g/mol. The van der Waals surface area contributed by atoms with E-state index in [2.05, 4.69) is 31.1 Å². The first kappa shape index (κ1) is 16.1. The second-order valence-electron chi connectivity index (χ2n) is 6.85. The van der Waals surface area contributed by atoms with Gasteiger partial charge in [-0.05, 0) is 32.9 Å². The summed E-state index contributed by atoms with van der Waals surface area (Å²) < 4.78 is 0. The van der Waals surface area contributed by atoms with Crippen molar-refractivity contribution in [3.8, 4) is 0 Å². The minimum Gasteiger partial charge on any atom is -0.409 e. The number of rotatable bonds is 3. The molecule has 1 aliphatic carbocycles. The highest BCUT2D eigenvalue weighted by Crippen LogP contribution is 2.39. The van der Waals surface area contributed by atoms with Crippen LogP contribution >= 0.6 is 0 Å². The number of carbonyl (C=O) groups excluding carboxylic acids is 1. The van der Waals surface area contributed by atoms with Gasteiger partial charge in [0.25, 0.3) is 0 Å². The van der Waals surface area contributed by atoms with E-state index < -0.39 is 5.41 Å². The van der Waals surface area contributed by atoms with Gasteiger partial charge in [-0.25, -0.2) is 0 Å². The van der Waals surface area contributed by atoms with Crippen LogP contribution in [0.3, 0.4) is 0 Å². The van der Waals surface area contributed by atoms with Gasteiger partial charge in [-0.3, -0.25) is 4.79 Å². The lowest BCUT2D eigenvalue weighted by atomic mass is 9.72. The van der Waals surface area contributed by atoms with Gasteiger partial charge < -0.3 is 20.7 Å². The van der Waals surface area contributed by atoms with Crippen LogP contribution in [0.4, 0.5) is 0 Å². The van der Waals surface area contributed by atoms with Crippen molar-refractivity contribution in [1.29, 1.82) is 0 Å². The maximum absolute atomic E-state index is 13.1. The minimum atomic E-state index is -0.784. The van der Waals surface area contributed by atoms with Gasteiger partial charge in [-0.2, -0.15) is 0 Å². The summed E-state index contributed by atoms with van der Waals surface area (Å²) in [6, 6.07) is 0.377. The van der Waals surface area contributed by atoms with Gasteiger partial charge in [0.05, 0.1) is 0 Å². The Morgan fingerprint density at radius 2 is 1.90 bits per heavy atom. The summed E-state index contributed by atoms with van der Waals surface area (Å²) in [6.07, 6.45) is 4.42. The smallest absolute Gasteiger partial charge is 0.236 e. The number of hydrogen-bond acceptors (Lipinski definition) is 4. The largest absolute Gasteiger partial charge is 0.409 e. The van der Waals surface area contributed by atoms with Crippen molar-refractivity contribution in [3.63, 3.8) is 0 Å². The number of nitrogens with zero attached hydrogens (tertiary/aromatic N) is 3. The predicted molar refractivity (Wildman–Crippen MR) is 82.1 cm³/mol. The Labute approximate surface area is 127 Å². The summed E-state index contributed by atoms with van der Waals surface area (Å²) in [5, 5.41) is 12.3. The Bertz CT molecular complexity index is 416. The summed E-state index contributed by atoms with van der Waals surface area (Å²) in [6.45, 7) is 3.66. The Hall–Kier alpha value is -1.30. The summed E-state index contributed by atoms with van der Waals surface area (Å²) in [5.41, 5.74) is 5.14. The van der Waals surface area contributed by atoms with Gasteiger partial charge in [0.15, 0.2) is 5.84 Å². The van der Waals surface area contributed by atoms with Crippen LogP contribution in [0.2, 0.25) is 0 Å².